The summed E-state index contributed by atoms with van der Waals surface area (Å²) >= 11 is 0. The van der Waals surface area contributed by atoms with Gasteiger partial charge in [-0.15, -0.1) is 0 Å². The molecule has 1 fully saturated rings. The third-order valence-electron chi connectivity index (χ3n) is 2.53. The van der Waals surface area contributed by atoms with Crippen molar-refractivity contribution in [3.05, 3.63) is 12.7 Å². The first-order valence-electron chi connectivity index (χ1n) is 4.37. The molecule has 0 aliphatic heterocycles. The normalized spacial score (nSPS) is 20.4. The molecule has 0 heterocycles. The van der Waals surface area contributed by atoms with Gasteiger partial charge in [-0.2, -0.15) is 0 Å². The topological polar surface area (TPSA) is 55.1 Å². The average molecular weight is 168 g/mol. The minimum atomic E-state index is -0.134. The Morgan fingerprint density at radius 3 is 2.58 bits per heavy atom. The van der Waals surface area contributed by atoms with Gasteiger partial charge in [0, 0.05) is 6.54 Å². The Hall–Kier alpha value is -0.830. The van der Waals surface area contributed by atoms with Crippen molar-refractivity contribution in [1.29, 1.82) is 0 Å². The summed E-state index contributed by atoms with van der Waals surface area (Å²) in [5, 5.41) is 2.91. The van der Waals surface area contributed by atoms with Gasteiger partial charge in [-0.05, 0) is 18.9 Å². The average Bonchev–Trinajstić information content (AvgIpc) is 2.54. The second-order valence-electron chi connectivity index (χ2n) is 3.38. The van der Waals surface area contributed by atoms with E-state index in [1.165, 1.54) is 6.08 Å². The van der Waals surface area contributed by atoms with Crippen molar-refractivity contribution in [3.63, 3.8) is 0 Å². The van der Waals surface area contributed by atoms with Crippen LogP contribution in [-0.2, 0) is 4.79 Å². The lowest BCUT2D eigenvalue weighted by Crippen LogP contribution is -2.51. The van der Waals surface area contributed by atoms with E-state index in [4.69, 9.17) is 5.73 Å². The van der Waals surface area contributed by atoms with Crippen LogP contribution in [0.15, 0.2) is 12.7 Å². The Morgan fingerprint density at radius 2 is 2.17 bits per heavy atom. The maximum atomic E-state index is 11.0. The zero-order valence-corrected chi connectivity index (χ0v) is 7.31. The van der Waals surface area contributed by atoms with Gasteiger partial charge in [0.1, 0.15) is 0 Å². The van der Waals surface area contributed by atoms with Crippen LogP contribution in [0, 0.1) is 0 Å². The summed E-state index contributed by atoms with van der Waals surface area (Å²) in [5.74, 6) is -0.109. The van der Waals surface area contributed by atoms with Crippen molar-refractivity contribution in [2.45, 2.75) is 31.2 Å². The van der Waals surface area contributed by atoms with Gasteiger partial charge in [0.05, 0.1) is 5.54 Å². The highest BCUT2D eigenvalue weighted by Gasteiger charge is 2.32. The molecular weight excluding hydrogens is 152 g/mol. The van der Waals surface area contributed by atoms with Crippen molar-refractivity contribution < 1.29 is 4.79 Å². The van der Waals surface area contributed by atoms with E-state index in [2.05, 4.69) is 11.9 Å². The van der Waals surface area contributed by atoms with Crippen molar-refractivity contribution in [2.24, 2.45) is 5.73 Å². The predicted molar refractivity (Wildman–Crippen MR) is 48.6 cm³/mol. The third-order valence-corrected chi connectivity index (χ3v) is 2.53. The number of carbonyl (C=O) groups is 1. The third kappa shape index (κ3) is 1.85. The Morgan fingerprint density at radius 1 is 1.58 bits per heavy atom. The molecule has 3 heteroatoms. The summed E-state index contributed by atoms with van der Waals surface area (Å²) in [7, 11) is 0. The fraction of sp³-hybridized carbons (Fsp3) is 0.667. The number of nitrogens with two attached hydrogens (primary N) is 1. The van der Waals surface area contributed by atoms with Crippen LogP contribution >= 0.6 is 0 Å². The van der Waals surface area contributed by atoms with Gasteiger partial charge in [0.15, 0.2) is 0 Å². The molecule has 0 radical (unpaired) electrons. The molecule has 1 aliphatic carbocycles. The molecule has 68 valence electrons. The highest BCUT2D eigenvalue weighted by molar-refractivity contribution is 5.87. The molecule has 1 saturated carbocycles. The molecule has 0 bridgehead atoms. The van der Waals surface area contributed by atoms with E-state index in [0.29, 0.717) is 6.54 Å². The lowest BCUT2D eigenvalue weighted by Gasteiger charge is -2.27. The molecule has 3 N–H and O–H groups in total. The second kappa shape index (κ2) is 3.72. The lowest BCUT2D eigenvalue weighted by molar-refractivity contribution is -0.118. The smallest absolute Gasteiger partial charge is 0.243 e. The molecule has 0 unspecified atom stereocenters. The van der Waals surface area contributed by atoms with Crippen molar-refractivity contribution >= 4 is 5.91 Å². The molecule has 1 rings (SSSR count). The van der Waals surface area contributed by atoms with Crippen LogP contribution in [0.5, 0.6) is 0 Å². The van der Waals surface area contributed by atoms with Gasteiger partial charge in [-0.25, -0.2) is 0 Å². The maximum Gasteiger partial charge on any atom is 0.243 e. The van der Waals surface area contributed by atoms with E-state index < -0.39 is 0 Å². The molecule has 0 aromatic carbocycles. The summed E-state index contributed by atoms with van der Waals surface area (Å²) in [6.45, 7) is 3.95. The van der Waals surface area contributed by atoms with Gasteiger partial charge >= 0.3 is 0 Å². The molecule has 12 heavy (non-hydrogen) atoms. The molecule has 3 nitrogen and oxygen atoms in total. The molecule has 0 aromatic heterocycles. The summed E-state index contributed by atoms with van der Waals surface area (Å²) in [6, 6.07) is 0. The van der Waals surface area contributed by atoms with E-state index in [0.717, 1.165) is 25.7 Å². The van der Waals surface area contributed by atoms with Crippen LogP contribution in [0.1, 0.15) is 25.7 Å². The molecule has 0 spiro atoms. The maximum absolute atomic E-state index is 11.0. The Labute approximate surface area is 73.0 Å². The SMILES string of the molecule is C=CC(=O)NC1(CN)CCCC1. The van der Waals surface area contributed by atoms with Crippen LogP contribution in [0.25, 0.3) is 0 Å². The molecule has 0 atom stereocenters. The van der Waals surface area contributed by atoms with E-state index >= 15 is 0 Å². The van der Waals surface area contributed by atoms with E-state index in [9.17, 15) is 4.79 Å². The molecule has 0 aromatic rings. The highest BCUT2D eigenvalue weighted by atomic mass is 16.1. The van der Waals surface area contributed by atoms with E-state index in [1.807, 2.05) is 0 Å². The van der Waals surface area contributed by atoms with Gasteiger partial charge in [-0.1, -0.05) is 19.4 Å². The number of amides is 1. The van der Waals surface area contributed by atoms with Crippen LogP contribution in [0.2, 0.25) is 0 Å². The zero-order chi connectivity index (χ0) is 9.03. The fourth-order valence-corrected chi connectivity index (χ4v) is 1.74. The van der Waals surface area contributed by atoms with Crippen LogP contribution in [-0.4, -0.2) is 18.0 Å². The predicted octanol–water partition coefficient (Wildman–Crippen LogP) is 0.560. The number of carbonyl (C=O) groups excluding carboxylic acids is 1. The Bertz CT molecular complexity index is 183. The number of nitrogens with one attached hydrogen (secondary N) is 1. The Kier molecular flexibility index (Phi) is 2.87. The zero-order valence-electron chi connectivity index (χ0n) is 7.31. The molecule has 1 aliphatic rings. The van der Waals surface area contributed by atoms with Gasteiger partial charge in [0.2, 0.25) is 5.91 Å². The van der Waals surface area contributed by atoms with Crippen LogP contribution in [0.4, 0.5) is 0 Å². The highest BCUT2D eigenvalue weighted by Crippen LogP contribution is 2.28. The first-order chi connectivity index (χ1) is 5.72. The first-order valence-corrected chi connectivity index (χ1v) is 4.37. The standard InChI is InChI=1S/C9H16N2O/c1-2-8(12)11-9(7-10)5-3-4-6-9/h2H,1,3-7,10H2,(H,11,12). The lowest BCUT2D eigenvalue weighted by atomic mass is 9.98. The van der Waals surface area contributed by atoms with E-state index in [1.54, 1.807) is 0 Å². The summed E-state index contributed by atoms with van der Waals surface area (Å²) < 4.78 is 0. The number of hydrogen-bond donors (Lipinski definition) is 2. The van der Waals surface area contributed by atoms with Gasteiger partial charge < -0.3 is 11.1 Å². The summed E-state index contributed by atoms with van der Waals surface area (Å²) in [5.41, 5.74) is 5.49. The largest absolute Gasteiger partial charge is 0.346 e. The Balaban J connectivity index is 2.54. The van der Waals surface area contributed by atoms with Gasteiger partial charge in [0.25, 0.3) is 0 Å². The van der Waals surface area contributed by atoms with Crippen LogP contribution < -0.4 is 11.1 Å². The molecule has 0 saturated heterocycles. The summed E-state index contributed by atoms with van der Waals surface area (Å²) in [6.07, 6.45) is 5.63. The number of hydrogen-bond acceptors (Lipinski definition) is 2. The molecular formula is C9H16N2O. The van der Waals surface area contributed by atoms with Crippen LogP contribution in [0.3, 0.4) is 0 Å². The van der Waals surface area contributed by atoms with E-state index in [-0.39, 0.29) is 11.4 Å². The van der Waals surface area contributed by atoms with Gasteiger partial charge in [-0.3, -0.25) is 4.79 Å². The first kappa shape index (κ1) is 9.26. The van der Waals surface area contributed by atoms with Crippen molar-refractivity contribution in [2.75, 3.05) is 6.54 Å². The molecule has 1 amide bonds. The van der Waals surface area contributed by atoms with Crippen molar-refractivity contribution in [1.82, 2.24) is 5.32 Å². The quantitative estimate of drug-likeness (QED) is 0.605. The van der Waals surface area contributed by atoms with Crippen molar-refractivity contribution in [3.8, 4) is 0 Å². The minimum absolute atomic E-state index is 0.109. The fourth-order valence-electron chi connectivity index (χ4n) is 1.74. The number of rotatable bonds is 3. The second-order valence-corrected chi connectivity index (χ2v) is 3.38. The monoisotopic (exact) mass is 168 g/mol. The minimum Gasteiger partial charge on any atom is -0.346 e. The summed E-state index contributed by atoms with van der Waals surface area (Å²) in [4.78, 5) is 11.0.